The molecule has 0 spiro atoms. The van der Waals surface area contributed by atoms with Crippen LogP contribution in [0.1, 0.15) is 26.3 Å². The zero-order chi connectivity index (χ0) is 26.3. The van der Waals surface area contributed by atoms with Crippen molar-refractivity contribution in [3.05, 3.63) is 109 Å². The van der Waals surface area contributed by atoms with Crippen LogP contribution in [0, 0.1) is 0 Å². The standard InChI is InChI=1S/C34H26N4O/c1-34(2,3)21-8-11-27-25-13-10-23(20-29(25)33-36-15-17-38(33)31(27)18-21)39-22-9-12-24-26-6-4-5-7-30(26)37-16-14-35-32(37)28(24)19-22/h4-20H,1-3H3. The summed E-state index contributed by atoms with van der Waals surface area (Å²) in [5, 5.41) is 6.85. The highest BCUT2D eigenvalue weighted by molar-refractivity contribution is 6.13. The molecule has 8 rings (SSSR count). The number of fused-ring (bicyclic) bond motifs is 12. The Bertz CT molecular complexity index is 2250. The highest BCUT2D eigenvalue weighted by Gasteiger charge is 2.17. The molecule has 0 saturated carbocycles. The highest BCUT2D eigenvalue weighted by atomic mass is 16.5. The van der Waals surface area contributed by atoms with Gasteiger partial charge in [-0.05, 0) is 70.3 Å². The van der Waals surface area contributed by atoms with Gasteiger partial charge in [0.1, 0.15) is 22.8 Å². The van der Waals surface area contributed by atoms with Gasteiger partial charge in [0.15, 0.2) is 0 Å². The van der Waals surface area contributed by atoms with Gasteiger partial charge < -0.3 is 4.74 Å². The summed E-state index contributed by atoms with van der Waals surface area (Å²) in [5.41, 5.74) is 5.54. The van der Waals surface area contributed by atoms with E-state index in [1.165, 1.54) is 27.2 Å². The quantitative estimate of drug-likeness (QED) is 0.220. The molecule has 0 amide bonds. The van der Waals surface area contributed by atoms with Crippen molar-refractivity contribution in [1.29, 1.82) is 0 Å². The Balaban J connectivity index is 1.28. The van der Waals surface area contributed by atoms with Gasteiger partial charge in [-0.25, -0.2) is 9.97 Å². The van der Waals surface area contributed by atoms with Gasteiger partial charge in [0.2, 0.25) is 0 Å². The number of aromatic nitrogens is 4. The van der Waals surface area contributed by atoms with Gasteiger partial charge in [0.05, 0.1) is 11.0 Å². The summed E-state index contributed by atoms with van der Waals surface area (Å²) in [4.78, 5) is 9.39. The number of rotatable bonds is 2. The van der Waals surface area contributed by atoms with Crippen molar-refractivity contribution in [2.45, 2.75) is 26.2 Å². The Morgan fingerprint density at radius 3 is 1.77 bits per heavy atom. The fraction of sp³-hybridized carbons (Fsp3) is 0.118. The lowest BCUT2D eigenvalue weighted by atomic mass is 9.86. The first kappa shape index (κ1) is 22.1. The molecular weight excluding hydrogens is 480 g/mol. The molecule has 0 aliphatic rings. The fourth-order valence-electron chi connectivity index (χ4n) is 5.88. The molecule has 0 aliphatic heterocycles. The van der Waals surface area contributed by atoms with Crippen LogP contribution in [-0.2, 0) is 5.41 Å². The largest absolute Gasteiger partial charge is 0.457 e. The van der Waals surface area contributed by atoms with Crippen molar-refractivity contribution >= 4 is 54.6 Å². The van der Waals surface area contributed by atoms with Gasteiger partial charge in [0, 0.05) is 46.3 Å². The minimum Gasteiger partial charge on any atom is -0.457 e. The lowest BCUT2D eigenvalue weighted by Crippen LogP contribution is -2.11. The minimum absolute atomic E-state index is 0.0713. The molecule has 0 unspecified atom stereocenters. The molecule has 0 bridgehead atoms. The van der Waals surface area contributed by atoms with E-state index in [0.717, 1.165) is 44.5 Å². The maximum absolute atomic E-state index is 6.46. The number of para-hydroxylation sites is 1. The van der Waals surface area contributed by atoms with Crippen LogP contribution in [0.15, 0.2) is 104 Å². The number of benzene rings is 4. The summed E-state index contributed by atoms with van der Waals surface area (Å²) in [6.07, 6.45) is 7.77. The number of hydrogen-bond donors (Lipinski definition) is 0. The second kappa shape index (κ2) is 7.81. The topological polar surface area (TPSA) is 43.8 Å². The third-order valence-corrected chi connectivity index (χ3v) is 7.85. The third kappa shape index (κ3) is 3.26. The average molecular weight is 507 g/mol. The molecule has 0 radical (unpaired) electrons. The van der Waals surface area contributed by atoms with Crippen LogP contribution in [0.5, 0.6) is 11.5 Å². The third-order valence-electron chi connectivity index (χ3n) is 7.85. The molecule has 188 valence electrons. The average Bonchev–Trinajstić information content (AvgIpc) is 3.63. The summed E-state index contributed by atoms with van der Waals surface area (Å²) in [5.74, 6) is 1.55. The summed E-state index contributed by atoms with van der Waals surface area (Å²) >= 11 is 0. The number of ether oxygens (including phenoxy) is 1. The van der Waals surface area contributed by atoms with Crippen molar-refractivity contribution in [3.8, 4) is 11.5 Å². The van der Waals surface area contributed by atoms with Gasteiger partial charge in [-0.1, -0.05) is 51.1 Å². The first-order valence-electron chi connectivity index (χ1n) is 13.2. The smallest absolute Gasteiger partial charge is 0.145 e. The van der Waals surface area contributed by atoms with Crippen LogP contribution in [0.25, 0.3) is 54.6 Å². The van der Waals surface area contributed by atoms with Gasteiger partial charge in [0.25, 0.3) is 0 Å². The number of pyridine rings is 2. The molecule has 0 saturated heterocycles. The molecule has 0 fully saturated rings. The van der Waals surface area contributed by atoms with Crippen molar-refractivity contribution < 1.29 is 4.74 Å². The maximum Gasteiger partial charge on any atom is 0.145 e. The summed E-state index contributed by atoms with van der Waals surface area (Å²) in [7, 11) is 0. The van der Waals surface area contributed by atoms with Gasteiger partial charge >= 0.3 is 0 Å². The monoisotopic (exact) mass is 506 g/mol. The van der Waals surface area contributed by atoms with E-state index in [4.69, 9.17) is 9.72 Å². The van der Waals surface area contributed by atoms with Gasteiger partial charge in [-0.15, -0.1) is 0 Å². The summed E-state index contributed by atoms with van der Waals surface area (Å²) in [6.45, 7) is 6.74. The Morgan fingerprint density at radius 2 is 1.13 bits per heavy atom. The predicted octanol–water partition coefficient (Wildman–Crippen LogP) is 8.68. The maximum atomic E-state index is 6.46. The van der Waals surface area contributed by atoms with E-state index in [9.17, 15) is 0 Å². The number of imidazole rings is 2. The molecule has 4 aromatic heterocycles. The molecule has 5 heteroatoms. The van der Waals surface area contributed by atoms with Crippen molar-refractivity contribution in [2.75, 3.05) is 0 Å². The lowest BCUT2D eigenvalue weighted by Gasteiger charge is -2.20. The van der Waals surface area contributed by atoms with E-state index in [1.54, 1.807) is 0 Å². The SMILES string of the molecule is CC(C)(C)c1ccc2c3ccc(Oc4ccc5c6ccccc6n6ccnc6c5c4)cc3c3nccn3c2c1. The van der Waals surface area contributed by atoms with Crippen LogP contribution in [-0.4, -0.2) is 18.8 Å². The molecule has 4 aromatic carbocycles. The highest BCUT2D eigenvalue weighted by Crippen LogP contribution is 2.37. The van der Waals surface area contributed by atoms with E-state index in [0.29, 0.717) is 0 Å². The lowest BCUT2D eigenvalue weighted by molar-refractivity contribution is 0.484. The zero-order valence-corrected chi connectivity index (χ0v) is 22.0. The minimum atomic E-state index is 0.0713. The van der Waals surface area contributed by atoms with Crippen molar-refractivity contribution in [3.63, 3.8) is 0 Å². The second-order valence-corrected chi connectivity index (χ2v) is 11.3. The summed E-state index contributed by atoms with van der Waals surface area (Å²) in [6, 6.07) is 27.8. The first-order chi connectivity index (χ1) is 19.0. The van der Waals surface area contributed by atoms with E-state index >= 15 is 0 Å². The molecule has 8 aromatic rings. The Hall–Kier alpha value is -4.90. The van der Waals surface area contributed by atoms with Crippen LogP contribution in [0.3, 0.4) is 0 Å². The Morgan fingerprint density at radius 1 is 0.564 bits per heavy atom. The summed E-state index contributed by atoms with van der Waals surface area (Å²) < 4.78 is 10.8. The Labute approximate surface area is 224 Å². The Kier molecular flexibility index (Phi) is 4.43. The molecular formula is C34H26N4O. The molecule has 0 atom stereocenters. The van der Waals surface area contributed by atoms with Gasteiger partial charge in [-0.2, -0.15) is 0 Å². The van der Waals surface area contributed by atoms with Crippen LogP contribution >= 0.6 is 0 Å². The van der Waals surface area contributed by atoms with E-state index in [2.05, 4.69) is 107 Å². The number of nitrogens with zero attached hydrogens (tertiary/aromatic N) is 4. The molecule has 0 N–H and O–H groups in total. The first-order valence-corrected chi connectivity index (χ1v) is 13.2. The van der Waals surface area contributed by atoms with Crippen LogP contribution in [0.2, 0.25) is 0 Å². The van der Waals surface area contributed by atoms with Crippen molar-refractivity contribution in [2.24, 2.45) is 0 Å². The van der Waals surface area contributed by atoms with E-state index in [-0.39, 0.29) is 5.41 Å². The second-order valence-electron chi connectivity index (χ2n) is 11.3. The number of hydrogen-bond acceptors (Lipinski definition) is 3. The predicted molar refractivity (Wildman–Crippen MR) is 159 cm³/mol. The molecule has 39 heavy (non-hydrogen) atoms. The van der Waals surface area contributed by atoms with E-state index in [1.807, 2.05) is 30.9 Å². The molecule has 4 heterocycles. The van der Waals surface area contributed by atoms with Crippen LogP contribution < -0.4 is 4.74 Å². The normalized spacial score (nSPS) is 12.5. The van der Waals surface area contributed by atoms with Crippen molar-refractivity contribution in [1.82, 2.24) is 18.8 Å². The fourth-order valence-corrected chi connectivity index (χ4v) is 5.88. The molecule has 5 nitrogen and oxygen atoms in total. The van der Waals surface area contributed by atoms with E-state index < -0.39 is 0 Å². The zero-order valence-electron chi connectivity index (χ0n) is 22.0. The van der Waals surface area contributed by atoms with Gasteiger partial charge in [-0.3, -0.25) is 8.80 Å². The van der Waals surface area contributed by atoms with Crippen LogP contribution in [0.4, 0.5) is 0 Å². The molecule has 0 aliphatic carbocycles.